The summed E-state index contributed by atoms with van der Waals surface area (Å²) in [7, 11) is 1.96. The molecule has 0 radical (unpaired) electrons. The highest BCUT2D eigenvalue weighted by Gasteiger charge is 2.13. The Morgan fingerprint density at radius 2 is 2.25 bits per heavy atom. The van der Waals surface area contributed by atoms with Crippen LogP contribution < -0.4 is 10.6 Å². The highest BCUT2D eigenvalue weighted by molar-refractivity contribution is 9.10. The summed E-state index contributed by atoms with van der Waals surface area (Å²) in [5.41, 5.74) is 7.33. The Kier molecular flexibility index (Phi) is 3.45. The minimum Gasteiger partial charge on any atom is -0.348 e. The van der Waals surface area contributed by atoms with Crippen molar-refractivity contribution in [3.63, 3.8) is 0 Å². The van der Waals surface area contributed by atoms with Gasteiger partial charge in [-0.15, -0.1) is 5.10 Å². The van der Waals surface area contributed by atoms with Crippen LogP contribution in [0.5, 0.6) is 0 Å². The van der Waals surface area contributed by atoms with Gasteiger partial charge in [0, 0.05) is 19.7 Å². The zero-order valence-corrected chi connectivity index (χ0v) is 12.6. The van der Waals surface area contributed by atoms with Gasteiger partial charge in [-0.2, -0.15) is 0 Å². The molecule has 0 saturated carbocycles. The molecule has 3 aromatic heterocycles. The Balaban J connectivity index is 2.04. The van der Waals surface area contributed by atoms with Crippen molar-refractivity contribution in [2.75, 3.05) is 18.5 Å². The fraction of sp³-hybridized carbons (Fsp3) is 0.231. The van der Waals surface area contributed by atoms with E-state index in [-0.39, 0.29) is 0 Å². The molecule has 0 amide bonds. The topological polar surface area (TPSA) is 75.2 Å². The molecule has 3 rings (SSSR count). The highest BCUT2D eigenvalue weighted by atomic mass is 79.9. The van der Waals surface area contributed by atoms with E-state index < -0.39 is 0 Å². The standard InChI is InChI=1S/C13H15BrN6/c1-19(10-3-2-8-16-10)12-5-4-11-17-9(6-7-15)13(14)20(11)18-12/h2-5,8,16H,6-7,15H2,1H3. The van der Waals surface area contributed by atoms with E-state index in [1.165, 1.54) is 0 Å². The van der Waals surface area contributed by atoms with E-state index in [1.807, 2.05) is 42.4 Å². The number of aromatic amines is 1. The molecule has 20 heavy (non-hydrogen) atoms. The van der Waals surface area contributed by atoms with Gasteiger partial charge in [0.2, 0.25) is 0 Å². The van der Waals surface area contributed by atoms with Crippen molar-refractivity contribution in [2.24, 2.45) is 5.73 Å². The molecule has 0 aromatic carbocycles. The summed E-state index contributed by atoms with van der Waals surface area (Å²) in [5, 5.41) is 4.61. The summed E-state index contributed by atoms with van der Waals surface area (Å²) in [6.07, 6.45) is 2.61. The summed E-state index contributed by atoms with van der Waals surface area (Å²) in [6.45, 7) is 0.567. The monoisotopic (exact) mass is 334 g/mol. The predicted molar refractivity (Wildman–Crippen MR) is 82.3 cm³/mol. The second-order valence-corrected chi connectivity index (χ2v) is 5.22. The van der Waals surface area contributed by atoms with Crippen LogP contribution in [0.3, 0.4) is 0 Å². The lowest BCUT2D eigenvalue weighted by atomic mass is 10.3. The van der Waals surface area contributed by atoms with E-state index in [9.17, 15) is 0 Å². The van der Waals surface area contributed by atoms with Crippen LogP contribution in [0.15, 0.2) is 35.1 Å². The summed E-state index contributed by atoms with van der Waals surface area (Å²) >= 11 is 3.54. The molecule has 7 heteroatoms. The quantitative estimate of drug-likeness (QED) is 0.766. The zero-order chi connectivity index (χ0) is 14.1. The smallest absolute Gasteiger partial charge is 0.155 e. The molecular formula is C13H15BrN6. The minimum absolute atomic E-state index is 0.567. The first kappa shape index (κ1) is 13.1. The van der Waals surface area contributed by atoms with Gasteiger partial charge in [0.05, 0.1) is 5.69 Å². The van der Waals surface area contributed by atoms with E-state index in [0.717, 1.165) is 34.0 Å². The molecule has 3 N–H and O–H groups in total. The van der Waals surface area contributed by atoms with Crippen molar-refractivity contribution >= 4 is 33.2 Å². The third-order valence-electron chi connectivity index (χ3n) is 3.14. The largest absolute Gasteiger partial charge is 0.348 e. The number of imidazole rings is 1. The molecular weight excluding hydrogens is 320 g/mol. The maximum Gasteiger partial charge on any atom is 0.155 e. The average Bonchev–Trinajstić information content (AvgIpc) is 3.08. The number of hydrogen-bond donors (Lipinski definition) is 2. The van der Waals surface area contributed by atoms with Crippen LogP contribution in [-0.2, 0) is 6.42 Å². The number of aromatic nitrogens is 4. The van der Waals surface area contributed by atoms with Crippen molar-refractivity contribution in [3.8, 4) is 0 Å². The van der Waals surface area contributed by atoms with Crippen LogP contribution in [0.1, 0.15) is 5.69 Å². The van der Waals surface area contributed by atoms with Gasteiger partial charge >= 0.3 is 0 Å². The minimum atomic E-state index is 0.567. The maximum absolute atomic E-state index is 5.59. The Labute approximate surface area is 124 Å². The van der Waals surface area contributed by atoms with E-state index >= 15 is 0 Å². The zero-order valence-electron chi connectivity index (χ0n) is 11.0. The Bertz CT molecular complexity index is 718. The SMILES string of the molecule is CN(c1ccc2nc(CCN)c(Br)n2n1)c1ccc[nH]1. The van der Waals surface area contributed by atoms with Gasteiger partial charge in [0.25, 0.3) is 0 Å². The van der Waals surface area contributed by atoms with E-state index in [1.54, 1.807) is 4.52 Å². The molecule has 104 valence electrons. The Morgan fingerprint density at radius 3 is 2.95 bits per heavy atom. The molecule has 0 aliphatic carbocycles. The first-order valence-corrected chi connectivity index (χ1v) is 7.11. The molecule has 6 nitrogen and oxygen atoms in total. The summed E-state index contributed by atoms with van der Waals surface area (Å²) < 4.78 is 2.65. The van der Waals surface area contributed by atoms with Gasteiger partial charge in [0.15, 0.2) is 11.5 Å². The molecule has 0 aliphatic heterocycles. The van der Waals surface area contributed by atoms with Crippen LogP contribution >= 0.6 is 15.9 Å². The van der Waals surface area contributed by atoms with Crippen molar-refractivity contribution < 1.29 is 0 Å². The maximum atomic E-state index is 5.59. The van der Waals surface area contributed by atoms with Crippen molar-refractivity contribution in [3.05, 3.63) is 40.8 Å². The van der Waals surface area contributed by atoms with Gasteiger partial charge in [0.1, 0.15) is 10.4 Å². The number of nitrogens with two attached hydrogens (primary N) is 1. The average molecular weight is 335 g/mol. The van der Waals surface area contributed by atoms with Crippen molar-refractivity contribution in [2.45, 2.75) is 6.42 Å². The number of nitrogens with zero attached hydrogens (tertiary/aromatic N) is 4. The lowest BCUT2D eigenvalue weighted by Crippen LogP contribution is -2.13. The number of halogens is 1. The molecule has 0 aliphatic rings. The van der Waals surface area contributed by atoms with Crippen LogP contribution in [0.25, 0.3) is 5.65 Å². The molecule has 3 heterocycles. The Morgan fingerprint density at radius 1 is 1.40 bits per heavy atom. The third kappa shape index (κ3) is 2.19. The fourth-order valence-corrected chi connectivity index (χ4v) is 2.62. The second-order valence-electron chi connectivity index (χ2n) is 4.46. The van der Waals surface area contributed by atoms with Crippen molar-refractivity contribution in [1.82, 2.24) is 19.6 Å². The van der Waals surface area contributed by atoms with Crippen LogP contribution in [0, 0.1) is 0 Å². The normalized spacial score (nSPS) is 11.2. The van der Waals surface area contributed by atoms with E-state index in [4.69, 9.17) is 5.73 Å². The van der Waals surface area contributed by atoms with Crippen LogP contribution in [0.4, 0.5) is 11.6 Å². The third-order valence-corrected chi connectivity index (χ3v) is 3.94. The number of anilines is 2. The van der Waals surface area contributed by atoms with Crippen LogP contribution in [-0.4, -0.2) is 33.2 Å². The predicted octanol–water partition coefficient (Wildman–Crippen LogP) is 2.09. The molecule has 0 saturated heterocycles. The molecule has 0 bridgehead atoms. The van der Waals surface area contributed by atoms with Crippen molar-refractivity contribution in [1.29, 1.82) is 0 Å². The van der Waals surface area contributed by atoms with Gasteiger partial charge in [-0.05, 0) is 46.7 Å². The van der Waals surface area contributed by atoms with E-state index in [2.05, 4.69) is 31.0 Å². The second kappa shape index (κ2) is 5.26. The number of hydrogen-bond acceptors (Lipinski definition) is 4. The number of rotatable bonds is 4. The van der Waals surface area contributed by atoms with E-state index in [0.29, 0.717) is 6.54 Å². The molecule has 0 spiro atoms. The lowest BCUT2D eigenvalue weighted by Gasteiger charge is -2.15. The summed E-state index contributed by atoms with van der Waals surface area (Å²) in [6, 6.07) is 7.85. The summed E-state index contributed by atoms with van der Waals surface area (Å²) in [4.78, 5) is 9.65. The fourth-order valence-electron chi connectivity index (χ4n) is 2.07. The highest BCUT2D eigenvalue weighted by Crippen LogP contribution is 2.23. The van der Waals surface area contributed by atoms with Gasteiger partial charge in [-0.25, -0.2) is 9.50 Å². The number of nitrogens with one attached hydrogen (secondary N) is 1. The lowest BCUT2D eigenvalue weighted by molar-refractivity contribution is 0.878. The van der Waals surface area contributed by atoms with Gasteiger partial charge < -0.3 is 15.6 Å². The summed E-state index contributed by atoms with van der Waals surface area (Å²) in [5.74, 6) is 1.81. The molecule has 0 unspecified atom stereocenters. The first-order chi connectivity index (χ1) is 9.70. The number of fused-ring (bicyclic) bond motifs is 1. The number of H-pyrrole nitrogens is 1. The molecule has 0 atom stereocenters. The van der Waals surface area contributed by atoms with Crippen LogP contribution in [0.2, 0.25) is 0 Å². The van der Waals surface area contributed by atoms with Gasteiger partial charge in [-0.1, -0.05) is 0 Å². The first-order valence-electron chi connectivity index (χ1n) is 6.32. The molecule has 0 fully saturated rings. The Hall–Kier alpha value is -1.86. The van der Waals surface area contributed by atoms with Gasteiger partial charge in [-0.3, -0.25) is 0 Å². The molecule has 3 aromatic rings.